The Labute approximate surface area is 165 Å². The van der Waals surface area contributed by atoms with E-state index in [0.717, 1.165) is 19.6 Å². The number of hydrogen-bond acceptors (Lipinski definition) is 4. The molecule has 1 fully saturated rings. The monoisotopic (exact) mass is 406 g/mol. The summed E-state index contributed by atoms with van der Waals surface area (Å²) in [6.45, 7) is 3.46. The first-order chi connectivity index (χ1) is 12.9. The van der Waals surface area contributed by atoms with E-state index in [9.17, 15) is 13.2 Å². The number of hydrogen-bond donors (Lipinski definition) is 0. The van der Waals surface area contributed by atoms with Crippen molar-refractivity contribution in [2.24, 2.45) is 0 Å². The Kier molecular flexibility index (Phi) is 6.52. The maximum Gasteiger partial charge on any atom is 0.237 e. The van der Waals surface area contributed by atoms with Gasteiger partial charge in [-0.2, -0.15) is 0 Å². The molecule has 5 nitrogen and oxygen atoms in total. The highest BCUT2D eigenvalue weighted by Crippen LogP contribution is 2.14. The molecule has 0 spiro atoms. The second-order valence-electron chi connectivity index (χ2n) is 6.80. The Bertz CT molecular complexity index is 862. The highest BCUT2D eigenvalue weighted by molar-refractivity contribution is 7.91. The summed E-state index contributed by atoms with van der Waals surface area (Å²) in [5, 5.41) is 0.556. The quantitative estimate of drug-likeness (QED) is 0.739. The number of benzene rings is 2. The Morgan fingerprint density at radius 2 is 1.52 bits per heavy atom. The third-order valence-corrected chi connectivity index (χ3v) is 6.33. The summed E-state index contributed by atoms with van der Waals surface area (Å²) in [5.74, 6) is -0.915. The molecule has 0 atom stereocenters. The normalized spacial score (nSPS) is 15.7. The zero-order valence-electron chi connectivity index (χ0n) is 15.1. The molecular weight excluding hydrogens is 384 g/mol. The van der Waals surface area contributed by atoms with E-state index in [4.69, 9.17) is 11.6 Å². The molecule has 144 valence electrons. The van der Waals surface area contributed by atoms with Crippen LogP contribution in [0.25, 0.3) is 0 Å². The predicted octanol–water partition coefficient (Wildman–Crippen LogP) is 2.60. The van der Waals surface area contributed by atoms with Crippen LogP contribution in [0.3, 0.4) is 0 Å². The molecule has 27 heavy (non-hydrogen) atoms. The highest BCUT2D eigenvalue weighted by Gasteiger charge is 2.25. The summed E-state index contributed by atoms with van der Waals surface area (Å²) in [7, 11) is -3.51. The van der Waals surface area contributed by atoms with E-state index >= 15 is 0 Å². The van der Waals surface area contributed by atoms with Crippen molar-refractivity contribution < 1.29 is 13.2 Å². The summed E-state index contributed by atoms with van der Waals surface area (Å²) in [6.07, 6.45) is 0. The van der Waals surface area contributed by atoms with Crippen molar-refractivity contribution in [1.82, 2.24) is 9.80 Å². The molecule has 0 bridgehead atoms. The van der Waals surface area contributed by atoms with E-state index in [0.29, 0.717) is 23.7 Å². The molecule has 0 radical (unpaired) electrons. The number of sulfone groups is 1. The highest BCUT2D eigenvalue weighted by atomic mass is 35.5. The minimum Gasteiger partial charge on any atom is -0.339 e. The lowest BCUT2D eigenvalue weighted by Crippen LogP contribution is -2.49. The van der Waals surface area contributed by atoms with E-state index in [1.54, 1.807) is 29.2 Å². The molecule has 3 rings (SSSR count). The zero-order valence-corrected chi connectivity index (χ0v) is 16.6. The van der Waals surface area contributed by atoms with E-state index in [1.165, 1.54) is 5.56 Å². The van der Waals surface area contributed by atoms with Gasteiger partial charge in [-0.05, 0) is 23.3 Å². The summed E-state index contributed by atoms with van der Waals surface area (Å²) in [4.78, 5) is 16.4. The van der Waals surface area contributed by atoms with Crippen LogP contribution >= 0.6 is 11.6 Å². The van der Waals surface area contributed by atoms with Crippen LogP contribution in [0.15, 0.2) is 54.6 Å². The minimum absolute atomic E-state index is 0.149. The first kappa shape index (κ1) is 19.9. The number of rotatable bonds is 6. The number of carbonyl (C=O) groups is 1. The van der Waals surface area contributed by atoms with Crippen LogP contribution in [0.4, 0.5) is 0 Å². The number of amides is 1. The predicted molar refractivity (Wildman–Crippen MR) is 107 cm³/mol. The summed E-state index contributed by atoms with van der Waals surface area (Å²) in [5.41, 5.74) is 1.88. The lowest BCUT2D eigenvalue weighted by atomic mass is 10.2. The maximum absolute atomic E-state index is 12.4. The van der Waals surface area contributed by atoms with Crippen molar-refractivity contribution in [1.29, 1.82) is 0 Å². The van der Waals surface area contributed by atoms with Crippen LogP contribution in [0.1, 0.15) is 11.1 Å². The molecule has 1 saturated heterocycles. The number of piperazine rings is 1. The van der Waals surface area contributed by atoms with Gasteiger partial charge >= 0.3 is 0 Å². The van der Waals surface area contributed by atoms with E-state index in [-0.39, 0.29) is 11.7 Å². The Morgan fingerprint density at radius 1 is 0.889 bits per heavy atom. The fraction of sp³-hybridized carbons (Fsp3) is 0.350. The second kappa shape index (κ2) is 8.87. The van der Waals surface area contributed by atoms with Crippen LogP contribution in [0.2, 0.25) is 5.02 Å². The average molecular weight is 407 g/mol. The molecule has 2 aromatic rings. The van der Waals surface area contributed by atoms with Gasteiger partial charge in [0.2, 0.25) is 5.91 Å². The topological polar surface area (TPSA) is 57.7 Å². The molecule has 1 aliphatic heterocycles. The second-order valence-corrected chi connectivity index (χ2v) is 9.30. The smallest absolute Gasteiger partial charge is 0.237 e. The summed E-state index contributed by atoms with van der Waals surface area (Å²) in [6, 6.07) is 16.8. The van der Waals surface area contributed by atoms with Gasteiger partial charge in [-0.3, -0.25) is 9.69 Å². The fourth-order valence-electron chi connectivity index (χ4n) is 3.16. The summed E-state index contributed by atoms with van der Waals surface area (Å²) >= 11 is 5.82. The van der Waals surface area contributed by atoms with E-state index in [1.807, 2.05) is 18.2 Å². The van der Waals surface area contributed by atoms with Crippen LogP contribution in [-0.4, -0.2) is 56.1 Å². The minimum atomic E-state index is -3.51. The molecule has 7 heteroatoms. The van der Waals surface area contributed by atoms with Gasteiger partial charge in [0.05, 0.1) is 5.75 Å². The SMILES string of the molecule is O=C(CS(=O)(=O)Cc1ccc(Cl)cc1)N1CCN(Cc2ccccc2)CC1. The van der Waals surface area contributed by atoms with Crippen LogP contribution < -0.4 is 0 Å². The lowest BCUT2D eigenvalue weighted by Gasteiger charge is -2.34. The molecule has 0 aromatic heterocycles. The number of halogens is 1. The van der Waals surface area contributed by atoms with Crippen molar-refractivity contribution in [2.75, 3.05) is 31.9 Å². The van der Waals surface area contributed by atoms with Crippen molar-refractivity contribution in [2.45, 2.75) is 12.3 Å². The zero-order chi connectivity index (χ0) is 19.3. The third-order valence-electron chi connectivity index (χ3n) is 4.62. The van der Waals surface area contributed by atoms with Gasteiger partial charge in [0.25, 0.3) is 0 Å². The molecular formula is C20H23ClN2O3S. The maximum atomic E-state index is 12.4. The van der Waals surface area contributed by atoms with E-state index < -0.39 is 15.6 Å². The molecule has 1 amide bonds. The van der Waals surface area contributed by atoms with Crippen molar-refractivity contribution in [3.8, 4) is 0 Å². The molecule has 0 aliphatic carbocycles. The van der Waals surface area contributed by atoms with Gasteiger partial charge in [0.1, 0.15) is 5.75 Å². The molecule has 1 heterocycles. The Balaban J connectivity index is 1.49. The molecule has 0 unspecified atom stereocenters. The number of nitrogens with zero attached hydrogens (tertiary/aromatic N) is 2. The molecule has 0 N–H and O–H groups in total. The van der Waals surface area contributed by atoms with Crippen LogP contribution in [0.5, 0.6) is 0 Å². The van der Waals surface area contributed by atoms with Crippen molar-refractivity contribution in [3.05, 3.63) is 70.7 Å². The third kappa shape index (κ3) is 6.06. The van der Waals surface area contributed by atoms with Gasteiger partial charge in [0.15, 0.2) is 9.84 Å². The van der Waals surface area contributed by atoms with Gasteiger partial charge in [-0.25, -0.2) is 8.42 Å². The van der Waals surface area contributed by atoms with Crippen molar-refractivity contribution in [3.63, 3.8) is 0 Å². The van der Waals surface area contributed by atoms with Gasteiger partial charge in [-0.15, -0.1) is 0 Å². The van der Waals surface area contributed by atoms with Crippen LogP contribution in [-0.2, 0) is 26.9 Å². The van der Waals surface area contributed by atoms with E-state index in [2.05, 4.69) is 17.0 Å². The molecule has 2 aromatic carbocycles. The molecule has 0 saturated carbocycles. The molecule has 1 aliphatic rings. The summed E-state index contributed by atoms with van der Waals surface area (Å²) < 4.78 is 24.7. The Morgan fingerprint density at radius 3 is 2.15 bits per heavy atom. The Hall–Kier alpha value is -1.89. The standard InChI is InChI=1S/C20H23ClN2O3S/c21-19-8-6-18(7-9-19)15-27(25,26)16-20(24)23-12-10-22(11-13-23)14-17-4-2-1-3-5-17/h1-9H,10-16H2. The first-order valence-corrected chi connectivity index (χ1v) is 11.1. The largest absolute Gasteiger partial charge is 0.339 e. The van der Waals surface area contributed by atoms with Gasteiger partial charge in [0, 0.05) is 37.7 Å². The average Bonchev–Trinajstić information content (AvgIpc) is 2.64. The lowest BCUT2D eigenvalue weighted by molar-refractivity contribution is -0.130. The van der Waals surface area contributed by atoms with Crippen molar-refractivity contribution >= 4 is 27.3 Å². The van der Waals surface area contributed by atoms with Gasteiger partial charge < -0.3 is 4.90 Å². The fourth-order valence-corrected chi connectivity index (χ4v) is 4.65. The van der Waals surface area contributed by atoms with Crippen LogP contribution in [0, 0.1) is 0 Å². The number of carbonyl (C=O) groups excluding carboxylic acids is 1. The van der Waals surface area contributed by atoms with Gasteiger partial charge in [-0.1, -0.05) is 54.1 Å². The first-order valence-electron chi connectivity index (χ1n) is 8.90.